The molecule has 1 aromatic carbocycles. The first kappa shape index (κ1) is 13.9. The summed E-state index contributed by atoms with van der Waals surface area (Å²) in [4.78, 5) is 20.3. The molecule has 0 aliphatic heterocycles. The van der Waals surface area contributed by atoms with Gasteiger partial charge in [0.05, 0.1) is 23.1 Å². The van der Waals surface area contributed by atoms with Crippen LogP contribution in [0.15, 0.2) is 18.2 Å². The zero-order valence-electron chi connectivity index (χ0n) is 9.94. The molecule has 0 spiro atoms. The Morgan fingerprint density at radius 1 is 1.56 bits per heavy atom. The van der Waals surface area contributed by atoms with E-state index in [9.17, 15) is 19.3 Å². The van der Waals surface area contributed by atoms with Gasteiger partial charge in [0.15, 0.2) is 5.82 Å². The van der Waals surface area contributed by atoms with Crippen LogP contribution in [-0.2, 0) is 4.79 Å². The van der Waals surface area contributed by atoms with E-state index in [0.717, 1.165) is 12.1 Å². The van der Waals surface area contributed by atoms with Gasteiger partial charge in [-0.25, -0.2) is 4.39 Å². The van der Waals surface area contributed by atoms with E-state index in [4.69, 9.17) is 5.11 Å². The number of carboxylic acid groups (broad SMARTS) is 1. The molecular weight excluding hydrogens is 243 g/mol. The highest BCUT2D eigenvalue weighted by Crippen LogP contribution is 2.24. The molecule has 0 saturated heterocycles. The SMILES string of the molecule is CC(C)(CC(=O)O)Nc1ccc([N+](=O)[O-])cc1F. The van der Waals surface area contributed by atoms with Crippen LogP contribution in [0.5, 0.6) is 0 Å². The summed E-state index contributed by atoms with van der Waals surface area (Å²) in [5.74, 6) is -1.81. The largest absolute Gasteiger partial charge is 0.481 e. The Balaban J connectivity index is 2.92. The lowest BCUT2D eigenvalue weighted by molar-refractivity contribution is -0.385. The molecule has 0 heterocycles. The van der Waals surface area contributed by atoms with Gasteiger partial charge < -0.3 is 10.4 Å². The van der Waals surface area contributed by atoms with Crippen LogP contribution in [0.1, 0.15) is 20.3 Å². The van der Waals surface area contributed by atoms with Gasteiger partial charge in [-0.15, -0.1) is 0 Å². The van der Waals surface area contributed by atoms with E-state index in [2.05, 4.69) is 5.32 Å². The molecule has 6 nitrogen and oxygen atoms in total. The Hall–Kier alpha value is -2.18. The molecule has 7 heteroatoms. The smallest absolute Gasteiger partial charge is 0.305 e. The van der Waals surface area contributed by atoms with Crippen LogP contribution in [0.3, 0.4) is 0 Å². The predicted octanol–water partition coefficient (Wildman–Crippen LogP) is 2.40. The zero-order valence-corrected chi connectivity index (χ0v) is 9.94. The quantitative estimate of drug-likeness (QED) is 0.623. The van der Waals surface area contributed by atoms with Crippen molar-refractivity contribution in [3.8, 4) is 0 Å². The minimum atomic E-state index is -1.02. The molecule has 0 saturated carbocycles. The van der Waals surface area contributed by atoms with Crippen molar-refractivity contribution >= 4 is 17.3 Å². The molecule has 2 N–H and O–H groups in total. The number of carbonyl (C=O) groups is 1. The third-order valence-corrected chi connectivity index (χ3v) is 2.23. The van der Waals surface area contributed by atoms with Crippen LogP contribution in [0.2, 0.25) is 0 Å². The Morgan fingerprint density at radius 3 is 2.61 bits per heavy atom. The highest BCUT2D eigenvalue weighted by molar-refractivity contribution is 5.69. The number of hydrogen-bond acceptors (Lipinski definition) is 4. The molecule has 0 aromatic heterocycles. The van der Waals surface area contributed by atoms with Crippen molar-refractivity contribution in [2.75, 3.05) is 5.32 Å². The summed E-state index contributed by atoms with van der Waals surface area (Å²) in [6.45, 7) is 3.20. The van der Waals surface area contributed by atoms with Gasteiger partial charge in [-0.3, -0.25) is 14.9 Å². The highest BCUT2D eigenvalue weighted by atomic mass is 19.1. The molecule has 0 radical (unpaired) electrons. The van der Waals surface area contributed by atoms with E-state index in [-0.39, 0.29) is 17.8 Å². The average molecular weight is 256 g/mol. The molecule has 0 aliphatic carbocycles. The lowest BCUT2D eigenvalue weighted by Gasteiger charge is -2.25. The van der Waals surface area contributed by atoms with E-state index < -0.39 is 22.2 Å². The molecule has 0 bridgehead atoms. The molecular formula is C11H13FN2O4. The van der Waals surface area contributed by atoms with Crippen molar-refractivity contribution in [1.82, 2.24) is 0 Å². The van der Waals surface area contributed by atoms with E-state index in [1.807, 2.05) is 0 Å². The number of hydrogen-bond donors (Lipinski definition) is 2. The van der Waals surface area contributed by atoms with Gasteiger partial charge in [0, 0.05) is 11.6 Å². The third kappa shape index (κ3) is 3.69. The first-order valence-electron chi connectivity index (χ1n) is 5.15. The Kier molecular flexibility index (Phi) is 3.85. The van der Waals surface area contributed by atoms with Crippen LogP contribution in [0.25, 0.3) is 0 Å². The van der Waals surface area contributed by atoms with E-state index >= 15 is 0 Å². The number of nitro groups is 1. The standard InChI is InChI=1S/C11H13FN2O4/c1-11(2,6-10(15)16)13-9-4-3-7(14(17)18)5-8(9)12/h3-5,13H,6H2,1-2H3,(H,15,16). The molecule has 1 rings (SSSR count). The monoisotopic (exact) mass is 256 g/mol. The number of non-ortho nitro benzene ring substituents is 1. The van der Waals surface area contributed by atoms with Crippen molar-refractivity contribution in [2.45, 2.75) is 25.8 Å². The second-order valence-corrected chi connectivity index (χ2v) is 4.50. The number of halogens is 1. The number of carboxylic acids is 1. The van der Waals surface area contributed by atoms with Crippen LogP contribution in [0, 0.1) is 15.9 Å². The minimum Gasteiger partial charge on any atom is -0.481 e. The summed E-state index contributed by atoms with van der Waals surface area (Å²) < 4.78 is 13.6. The van der Waals surface area contributed by atoms with Gasteiger partial charge in [-0.1, -0.05) is 0 Å². The predicted molar refractivity (Wildman–Crippen MR) is 63.0 cm³/mol. The number of nitro benzene ring substituents is 1. The van der Waals surface area contributed by atoms with Gasteiger partial charge in [0.25, 0.3) is 5.69 Å². The second-order valence-electron chi connectivity index (χ2n) is 4.50. The molecule has 1 aromatic rings. The maximum absolute atomic E-state index is 13.6. The van der Waals surface area contributed by atoms with Crippen molar-refractivity contribution < 1.29 is 19.2 Å². The first-order valence-corrected chi connectivity index (χ1v) is 5.15. The Labute approximate surface area is 103 Å². The van der Waals surface area contributed by atoms with Crippen LogP contribution >= 0.6 is 0 Å². The summed E-state index contributed by atoms with van der Waals surface area (Å²) in [5.41, 5.74) is -1.18. The van der Waals surface area contributed by atoms with Crippen molar-refractivity contribution in [3.63, 3.8) is 0 Å². The molecule has 0 amide bonds. The number of aliphatic carboxylic acids is 1. The average Bonchev–Trinajstić information content (AvgIpc) is 2.18. The van der Waals surface area contributed by atoms with Crippen LogP contribution in [-0.4, -0.2) is 21.5 Å². The maximum atomic E-state index is 13.6. The number of anilines is 1. The second kappa shape index (κ2) is 4.99. The van der Waals surface area contributed by atoms with Crippen LogP contribution in [0.4, 0.5) is 15.8 Å². The maximum Gasteiger partial charge on any atom is 0.305 e. The lowest BCUT2D eigenvalue weighted by Crippen LogP contribution is -2.34. The normalized spacial score (nSPS) is 11.1. The van der Waals surface area contributed by atoms with Gasteiger partial charge >= 0.3 is 5.97 Å². The van der Waals surface area contributed by atoms with E-state index in [1.54, 1.807) is 13.8 Å². The molecule has 18 heavy (non-hydrogen) atoms. The fraction of sp³-hybridized carbons (Fsp3) is 0.364. The molecule has 0 unspecified atom stereocenters. The lowest BCUT2D eigenvalue weighted by atomic mass is 10.0. The first-order chi connectivity index (χ1) is 8.21. The highest BCUT2D eigenvalue weighted by Gasteiger charge is 2.23. The summed E-state index contributed by atoms with van der Waals surface area (Å²) in [6, 6.07) is 3.17. The topological polar surface area (TPSA) is 92.5 Å². The summed E-state index contributed by atoms with van der Waals surface area (Å²) in [6.07, 6.45) is -0.205. The van der Waals surface area contributed by atoms with Gasteiger partial charge in [-0.05, 0) is 19.9 Å². The third-order valence-electron chi connectivity index (χ3n) is 2.23. The molecule has 0 fully saturated rings. The van der Waals surface area contributed by atoms with Gasteiger partial charge in [-0.2, -0.15) is 0 Å². The Bertz CT molecular complexity index is 488. The number of benzene rings is 1. The minimum absolute atomic E-state index is 0.0341. The summed E-state index contributed by atoms with van der Waals surface area (Å²) >= 11 is 0. The van der Waals surface area contributed by atoms with Crippen LogP contribution < -0.4 is 5.32 Å². The zero-order chi connectivity index (χ0) is 13.9. The molecule has 0 atom stereocenters. The molecule has 0 aliphatic rings. The van der Waals surface area contributed by atoms with Crippen molar-refractivity contribution in [2.24, 2.45) is 0 Å². The fourth-order valence-electron chi connectivity index (χ4n) is 1.51. The van der Waals surface area contributed by atoms with Crippen molar-refractivity contribution in [1.29, 1.82) is 0 Å². The Morgan fingerprint density at radius 2 is 2.17 bits per heavy atom. The van der Waals surface area contributed by atoms with Crippen molar-refractivity contribution in [3.05, 3.63) is 34.1 Å². The van der Waals surface area contributed by atoms with Gasteiger partial charge in [0.2, 0.25) is 0 Å². The summed E-state index contributed by atoms with van der Waals surface area (Å²) in [5, 5.41) is 21.8. The number of nitrogens with zero attached hydrogens (tertiary/aromatic N) is 1. The number of rotatable bonds is 5. The van der Waals surface area contributed by atoms with Gasteiger partial charge in [0.1, 0.15) is 0 Å². The van der Waals surface area contributed by atoms with E-state index in [1.165, 1.54) is 6.07 Å². The van der Waals surface area contributed by atoms with E-state index in [0.29, 0.717) is 0 Å². The molecule has 98 valence electrons. The summed E-state index contributed by atoms with van der Waals surface area (Å²) in [7, 11) is 0. The fourth-order valence-corrected chi connectivity index (χ4v) is 1.51. The number of nitrogens with one attached hydrogen (secondary N) is 1.